The van der Waals surface area contributed by atoms with Gasteiger partial charge in [-0.2, -0.15) is 5.10 Å². The van der Waals surface area contributed by atoms with Crippen molar-refractivity contribution in [1.29, 1.82) is 0 Å². The number of amides is 1. The number of aromatic nitrogens is 3. The van der Waals surface area contributed by atoms with Crippen LogP contribution in [0.3, 0.4) is 0 Å². The van der Waals surface area contributed by atoms with E-state index in [0.717, 1.165) is 27.4 Å². The number of carbonyl (C=O) groups excluding carboxylic acids is 1. The van der Waals surface area contributed by atoms with Crippen LogP contribution in [0.15, 0.2) is 18.3 Å². The molecule has 0 fully saturated rings. The summed E-state index contributed by atoms with van der Waals surface area (Å²) in [6.45, 7) is 1.88. The van der Waals surface area contributed by atoms with Crippen LogP contribution in [0.1, 0.15) is 15.9 Å². The van der Waals surface area contributed by atoms with Crippen LogP contribution in [-0.4, -0.2) is 27.7 Å². The first-order valence-corrected chi connectivity index (χ1v) is 6.26. The lowest BCUT2D eigenvalue weighted by Gasteiger charge is -2.09. The number of hydrogen-bond acceptors (Lipinski definition) is 4. The average molecular weight is 269 g/mol. The number of nitrogen functional groups attached to an aromatic ring is 1. The molecule has 3 aromatic rings. The highest BCUT2D eigenvalue weighted by atomic mass is 16.1. The average Bonchev–Trinajstić information content (AvgIpc) is 2.80. The number of fused-ring (bicyclic) bond motifs is 3. The fourth-order valence-corrected chi connectivity index (χ4v) is 2.49. The molecule has 0 atom stereocenters. The van der Waals surface area contributed by atoms with Gasteiger partial charge in [-0.3, -0.25) is 9.48 Å². The summed E-state index contributed by atoms with van der Waals surface area (Å²) in [7, 11) is 3.47. The molecule has 1 amide bonds. The lowest BCUT2D eigenvalue weighted by atomic mass is 10.0. The molecule has 0 aliphatic heterocycles. The Morgan fingerprint density at radius 2 is 2.10 bits per heavy atom. The normalized spacial score (nSPS) is 11.2. The Morgan fingerprint density at radius 1 is 1.35 bits per heavy atom. The molecule has 0 bridgehead atoms. The molecular weight excluding hydrogens is 254 g/mol. The van der Waals surface area contributed by atoms with Gasteiger partial charge in [0.05, 0.1) is 22.6 Å². The quantitative estimate of drug-likeness (QED) is 0.698. The molecule has 0 saturated heterocycles. The maximum absolute atomic E-state index is 11.9. The van der Waals surface area contributed by atoms with E-state index in [4.69, 9.17) is 5.73 Å². The van der Waals surface area contributed by atoms with Gasteiger partial charge in [-0.25, -0.2) is 4.98 Å². The van der Waals surface area contributed by atoms with Crippen molar-refractivity contribution in [2.75, 3.05) is 12.8 Å². The monoisotopic (exact) mass is 269 g/mol. The first-order valence-electron chi connectivity index (χ1n) is 6.26. The second-order valence-corrected chi connectivity index (χ2v) is 4.79. The zero-order valence-electron chi connectivity index (χ0n) is 11.6. The molecule has 20 heavy (non-hydrogen) atoms. The number of anilines is 1. The van der Waals surface area contributed by atoms with Crippen LogP contribution in [0.25, 0.3) is 21.8 Å². The van der Waals surface area contributed by atoms with E-state index in [1.807, 2.05) is 26.1 Å². The maximum atomic E-state index is 11.9. The molecule has 6 heteroatoms. The number of nitrogens with zero attached hydrogens (tertiary/aromatic N) is 3. The van der Waals surface area contributed by atoms with Crippen LogP contribution in [0.2, 0.25) is 0 Å². The van der Waals surface area contributed by atoms with E-state index < -0.39 is 0 Å². The van der Waals surface area contributed by atoms with Crippen LogP contribution in [0.4, 0.5) is 5.82 Å². The zero-order chi connectivity index (χ0) is 14.4. The van der Waals surface area contributed by atoms with Crippen LogP contribution in [0.5, 0.6) is 0 Å². The van der Waals surface area contributed by atoms with Gasteiger partial charge in [-0.15, -0.1) is 0 Å². The second-order valence-electron chi connectivity index (χ2n) is 4.79. The van der Waals surface area contributed by atoms with E-state index in [0.29, 0.717) is 11.4 Å². The van der Waals surface area contributed by atoms with Crippen molar-refractivity contribution in [3.8, 4) is 0 Å². The summed E-state index contributed by atoms with van der Waals surface area (Å²) in [5, 5.41) is 8.54. The molecule has 6 nitrogen and oxygen atoms in total. The Balaban J connectivity index is 2.48. The Kier molecular flexibility index (Phi) is 2.60. The topological polar surface area (TPSA) is 85.8 Å². The van der Waals surface area contributed by atoms with E-state index in [1.54, 1.807) is 17.9 Å². The SMILES string of the molecule is CNC(=O)c1cc2c(cc1C)nc(N)c1cnn(C)c12. The van der Waals surface area contributed by atoms with Crippen LogP contribution >= 0.6 is 0 Å². The molecule has 0 unspecified atom stereocenters. The third kappa shape index (κ3) is 1.61. The number of benzene rings is 1. The largest absolute Gasteiger partial charge is 0.383 e. The molecule has 3 rings (SSSR count). The number of aryl methyl sites for hydroxylation is 2. The second kappa shape index (κ2) is 4.19. The lowest BCUT2D eigenvalue weighted by molar-refractivity contribution is 0.0962. The van der Waals surface area contributed by atoms with E-state index >= 15 is 0 Å². The van der Waals surface area contributed by atoms with Crippen LogP contribution < -0.4 is 11.1 Å². The molecule has 3 N–H and O–H groups in total. The van der Waals surface area contributed by atoms with Gasteiger partial charge in [0.2, 0.25) is 0 Å². The molecule has 0 aliphatic rings. The minimum atomic E-state index is -0.114. The molecule has 0 aliphatic carbocycles. The van der Waals surface area contributed by atoms with Gasteiger partial charge in [0.25, 0.3) is 5.91 Å². The van der Waals surface area contributed by atoms with E-state index in [2.05, 4.69) is 15.4 Å². The standard InChI is InChI=1S/C14H15N5O/c1-7-4-11-9(5-8(7)14(20)16-2)12-10(13(15)18-11)6-17-19(12)3/h4-6H,1-3H3,(H2,15,18)(H,16,20). The molecule has 102 valence electrons. The summed E-state index contributed by atoms with van der Waals surface area (Å²) < 4.78 is 1.75. The molecular formula is C14H15N5O. The number of rotatable bonds is 1. The highest BCUT2D eigenvalue weighted by Crippen LogP contribution is 2.29. The third-order valence-corrected chi connectivity index (χ3v) is 3.53. The Morgan fingerprint density at radius 3 is 2.80 bits per heavy atom. The summed E-state index contributed by atoms with van der Waals surface area (Å²) in [5.41, 5.74) is 9.12. The summed E-state index contributed by atoms with van der Waals surface area (Å²) in [5.74, 6) is 0.337. The van der Waals surface area contributed by atoms with Gasteiger partial charge in [0.1, 0.15) is 5.82 Å². The first kappa shape index (κ1) is 12.4. The predicted molar refractivity (Wildman–Crippen MR) is 78.6 cm³/mol. The van der Waals surface area contributed by atoms with E-state index in [1.165, 1.54) is 0 Å². The minimum absolute atomic E-state index is 0.114. The van der Waals surface area contributed by atoms with Gasteiger partial charge in [-0.05, 0) is 24.6 Å². The Bertz CT molecular complexity index is 850. The van der Waals surface area contributed by atoms with E-state index in [-0.39, 0.29) is 5.91 Å². The number of pyridine rings is 1. The van der Waals surface area contributed by atoms with Crippen molar-refractivity contribution >= 4 is 33.5 Å². The Hall–Kier alpha value is -2.63. The lowest BCUT2D eigenvalue weighted by Crippen LogP contribution is -2.19. The van der Waals surface area contributed by atoms with Gasteiger partial charge in [0.15, 0.2) is 0 Å². The fraction of sp³-hybridized carbons (Fsp3) is 0.214. The van der Waals surface area contributed by atoms with Crippen molar-refractivity contribution in [2.24, 2.45) is 7.05 Å². The van der Waals surface area contributed by atoms with Crippen LogP contribution in [-0.2, 0) is 7.05 Å². The number of hydrogen-bond donors (Lipinski definition) is 2. The van der Waals surface area contributed by atoms with Crippen LogP contribution in [0, 0.1) is 6.92 Å². The molecule has 0 saturated carbocycles. The number of carbonyl (C=O) groups is 1. The molecule has 0 spiro atoms. The first-order chi connectivity index (χ1) is 9.52. The van der Waals surface area contributed by atoms with Crippen molar-refractivity contribution < 1.29 is 4.79 Å². The van der Waals surface area contributed by atoms with E-state index in [9.17, 15) is 4.79 Å². The third-order valence-electron chi connectivity index (χ3n) is 3.53. The van der Waals surface area contributed by atoms with Gasteiger partial charge in [0, 0.05) is 25.0 Å². The van der Waals surface area contributed by atoms with Crippen molar-refractivity contribution in [2.45, 2.75) is 6.92 Å². The molecule has 0 radical (unpaired) electrons. The molecule has 2 heterocycles. The fourth-order valence-electron chi connectivity index (χ4n) is 2.49. The summed E-state index contributed by atoms with van der Waals surface area (Å²) in [6.07, 6.45) is 1.69. The Labute approximate surface area is 115 Å². The van der Waals surface area contributed by atoms with Crippen molar-refractivity contribution in [1.82, 2.24) is 20.1 Å². The number of nitrogens with one attached hydrogen (secondary N) is 1. The highest BCUT2D eigenvalue weighted by molar-refractivity contribution is 6.10. The van der Waals surface area contributed by atoms with Gasteiger partial charge < -0.3 is 11.1 Å². The number of nitrogens with two attached hydrogens (primary N) is 1. The van der Waals surface area contributed by atoms with Gasteiger partial charge in [-0.1, -0.05) is 0 Å². The summed E-state index contributed by atoms with van der Waals surface area (Å²) >= 11 is 0. The van der Waals surface area contributed by atoms with Crippen molar-refractivity contribution in [3.05, 3.63) is 29.5 Å². The molecule has 2 aromatic heterocycles. The van der Waals surface area contributed by atoms with Gasteiger partial charge >= 0.3 is 0 Å². The minimum Gasteiger partial charge on any atom is -0.383 e. The predicted octanol–water partition coefficient (Wildman–Crippen LogP) is 1.37. The maximum Gasteiger partial charge on any atom is 0.251 e. The summed E-state index contributed by atoms with van der Waals surface area (Å²) in [4.78, 5) is 16.3. The smallest absolute Gasteiger partial charge is 0.251 e. The molecule has 1 aromatic carbocycles. The summed E-state index contributed by atoms with van der Waals surface area (Å²) in [6, 6.07) is 3.72. The highest BCUT2D eigenvalue weighted by Gasteiger charge is 2.15. The van der Waals surface area contributed by atoms with Crippen molar-refractivity contribution in [3.63, 3.8) is 0 Å². The zero-order valence-corrected chi connectivity index (χ0v) is 11.6.